The molecule has 1 rings (SSSR count). The molecule has 0 aromatic rings. The summed E-state index contributed by atoms with van der Waals surface area (Å²) >= 11 is 3.95. The van der Waals surface area contributed by atoms with Crippen LogP contribution in [0.1, 0.15) is 0 Å². The molecular formula is C6H5BS. The van der Waals surface area contributed by atoms with Crippen molar-refractivity contribution in [1.29, 1.82) is 0 Å². The Balaban J connectivity index is 2.90. The number of hydrogen-bond donors (Lipinski definition) is 1. The largest absolute Gasteiger partial charge is 0.159 e. The van der Waals surface area contributed by atoms with Gasteiger partial charge in [0, 0.05) is 0 Å². The highest BCUT2D eigenvalue weighted by Gasteiger charge is 1.91. The van der Waals surface area contributed by atoms with E-state index in [2.05, 4.69) is 12.6 Å². The van der Waals surface area contributed by atoms with Gasteiger partial charge >= 0.3 is 0 Å². The van der Waals surface area contributed by atoms with Crippen molar-refractivity contribution < 1.29 is 0 Å². The molecule has 0 bridgehead atoms. The highest BCUT2D eigenvalue weighted by molar-refractivity contribution is 7.86. The lowest BCUT2D eigenvalue weighted by atomic mass is 10.1. The quantitative estimate of drug-likeness (QED) is 0.362. The van der Waals surface area contributed by atoms with Crippen LogP contribution in [-0.4, -0.2) is 7.85 Å². The first-order chi connectivity index (χ1) is 3.80. The minimum Gasteiger partial charge on any atom is -0.159 e. The molecule has 0 nitrogen and oxygen atoms in total. The summed E-state index contributed by atoms with van der Waals surface area (Å²) < 4.78 is 0. The summed E-state index contributed by atoms with van der Waals surface area (Å²) in [7, 11) is 5.34. The van der Waals surface area contributed by atoms with E-state index in [1.165, 1.54) is 0 Å². The fourth-order valence-electron chi connectivity index (χ4n) is 0.545. The summed E-state index contributed by atoms with van der Waals surface area (Å²) in [6.45, 7) is 0. The second-order valence-corrected chi connectivity index (χ2v) is 2.04. The Morgan fingerprint density at radius 3 is 2.12 bits per heavy atom. The molecule has 0 spiro atoms. The first-order valence-corrected chi connectivity index (χ1v) is 2.79. The second kappa shape index (κ2) is 2.27. The molecule has 1 aliphatic rings. The Hall–Kier alpha value is -0.365. The third kappa shape index (κ3) is 1.07. The molecule has 0 aliphatic heterocycles. The van der Waals surface area contributed by atoms with Gasteiger partial charge in [0.05, 0.1) is 0 Å². The maximum atomic E-state index is 5.34. The van der Waals surface area contributed by atoms with Gasteiger partial charge in [0.1, 0.15) is 7.85 Å². The summed E-state index contributed by atoms with van der Waals surface area (Å²) in [5, 5.41) is 0. The fraction of sp³-hybridized carbons (Fsp3) is 0. The van der Waals surface area contributed by atoms with Crippen LogP contribution in [0.25, 0.3) is 0 Å². The van der Waals surface area contributed by atoms with Crippen LogP contribution < -0.4 is 0 Å². The molecule has 2 heteroatoms. The third-order valence-electron chi connectivity index (χ3n) is 0.958. The van der Waals surface area contributed by atoms with Gasteiger partial charge in [-0.1, -0.05) is 29.1 Å². The molecule has 2 radical (unpaired) electrons. The van der Waals surface area contributed by atoms with Gasteiger partial charge in [-0.15, -0.1) is 0 Å². The van der Waals surface area contributed by atoms with Crippen LogP contribution in [0.5, 0.6) is 0 Å². The lowest BCUT2D eigenvalue weighted by molar-refractivity contribution is 1.81. The zero-order chi connectivity index (χ0) is 5.98. The van der Waals surface area contributed by atoms with Gasteiger partial charge in [-0.3, -0.25) is 0 Å². The summed E-state index contributed by atoms with van der Waals surface area (Å²) in [6.07, 6.45) is 7.70. The molecule has 0 saturated carbocycles. The van der Waals surface area contributed by atoms with E-state index in [-0.39, 0.29) is 0 Å². The molecule has 38 valence electrons. The van der Waals surface area contributed by atoms with Gasteiger partial charge in [0.2, 0.25) is 0 Å². The molecule has 0 atom stereocenters. The maximum Gasteiger partial charge on any atom is 0.123 e. The van der Waals surface area contributed by atoms with E-state index >= 15 is 0 Å². The Morgan fingerprint density at radius 1 is 1.38 bits per heavy atom. The Labute approximate surface area is 55.8 Å². The zero-order valence-corrected chi connectivity index (χ0v) is 5.23. The molecule has 0 aromatic heterocycles. The van der Waals surface area contributed by atoms with E-state index in [1.807, 2.05) is 24.3 Å². The van der Waals surface area contributed by atoms with E-state index in [0.29, 0.717) is 4.80 Å². The first kappa shape index (κ1) is 5.77. The average Bonchev–Trinajstić information content (AvgIpc) is 2.12. The molecule has 0 heterocycles. The van der Waals surface area contributed by atoms with Gasteiger partial charge < -0.3 is 0 Å². The maximum absolute atomic E-state index is 5.34. The van der Waals surface area contributed by atoms with Crippen molar-refractivity contribution in [3.63, 3.8) is 0 Å². The van der Waals surface area contributed by atoms with E-state index in [0.717, 1.165) is 5.57 Å². The van der Waals surface area contributed by atoms with Crippen molar-refractivity contribution in [2.45, 2.75) is 0 Å². The minimum atomic E-state index is 0.579. The van der Waals surface area contributed by atoms with Crippen molar-refractivity contribution in [2.75, 3.05) is 0 Å². The topological polar surface area (TPSA) is 0 Å². The SMILES string of the molecule is [B]C(S)=C1C=CC=C1. The molecular weight excluding hydrogens is 115 g/mol. The normalized spacial score (nSPS) is 15.4. The smallest absolute Gasteiger partial charge is 0.123 e. The zero-order valence-electron chi connectivity index (χ0n) is 4.33. The second-order valence-electron chi connectivity index (χ2n) is 1.56. The summed E-state index contributed by atoms with van der Waals surface area (Å²) in [5.74, 6) is 0. The van der Waals surface area contributed by atoms with E-state index < -0.39 is 0 Å². The average molecular weight is 120 g/mol. The van der Waals surface area contributed by atoms with Gasteiger partial charge in [-0.05, 0) is 5.57 Å². The Bertz CT molecular complexity index is 159. The monoisotopic (exact) mass is 120 g/mol. The van der Waals surface area contributed by atoms with Crippen LogP contribution in [0.15, 0.2) is 34.7 Å². The van der Waals surface area contributed by atoms with E-state index in [1.54, 1.807) is 0 Å². The highest BCUT2D eigenvalue weighted by Crippen LogP contribution is 2.12. The molecule has 0 saturated heterocycles. The van der Waals surface area contributed by atoms with Gasteiger partial charge in [0.25, 0.3) is 0 Å². The minimum absolute atomic E-state index is 0.579. The number of rotatable bonds is 0. The molecule has 0 N–H and O–H groups in total. The third-order valence-corrected chi connectivity index (χ3v) is 1.22. The van der Waals surface area contributed by atoms with Crippen molar-refractivity contribution in [3.8, 4) is 0 Å². The number of thiol groups is 1. The van der Waals surface area contributed by atoms with Crippen molar-refractivity contribution in [3.05, 3.63) is 34.7 Å². The van der Waals surface area contributed by atoms with Crippen LogP contribution in [0.3, 0.4) is 0 Å². The Kier molecular flexibility index (Phi) is 1.64. The molecule has 0 amide bonds. The van der Waals surface area contributed by atoms with Crippen molar-refractivity contribution in [1.82, 2.24) is 0 Å². The number of allylic oxidation sites excluding steroid dienone is 5. The molecule has 8 heavy (non-hydrogen) atoms. The lowest BCUT2D eigenvalue weighted by Gasteiger charge is -1.89. The number of hydrogen-bond acceptors (Lipinski definition) is 1. The van der Waals surface area contributed by atoms with E-state index in [9.17, 15) is 0 Å². The van der Waals surface area contributed by atoms with Gasteiger partial charge in [-0.25, -0.2) is 0 Å². The van der Waals surface area contributed by atoms with Crippen LogP contribution in [-0.2, 0) is 0 Å². The van der Waals surface area contributed by atoms with Crippen LogP contribution in [0.2, 0.25) is 0 Å². The summed E-state index contributed by atoms with van der Waals surface area (Å²) in [6, 6.07) is 0. The molecule has 1 aliphatic carbocycles. The van der Waals surface area contributed by atoms with Gasteiger partial charge in [-0.2, -0.15) is 12.6 Å². The van der Waals surface area contributed by atoms with E-state index in [4.69, 9.17) is 7.85 Å². The Morgan fingerprint density at radius 2 is 1.88 bits per heavy atom. The lowest BCUT2D eigenvalue weighted by Crippen LogP contribution is -1.72. The molecule has 0 unspecified atom stereocenters. The predicted molar refractivity (Wildman–Crippen MR) is 40.0 cm³/mol. The fourth-order valence-corrected chi connectivity index (χ4v) is 0.694. The van der Waals surface area contributed by atoms with Crippen molar-refractivity contribution >= 4 is 20.5 Å². The summed E-state index contributed by atoms with van der Waals surface area (Å²) in [5.41, 5.74) is 0.994. The standard InChI is InChI=1S/C6H5BS/c7-6(8)5-3-1-2-4-5/h1-4,8H. The predicted octanol–water partition coefficient (Wildman–Crippen LogP) is 1.42. The molecule has 0 fully saturated rings. The van der Waals surface area contributed by atoms with Crippen LogP contribution in [0.4, 0.5) is 0 Å². The van der Waals surface area contributed by atoms with Crippen LogP contribution in [0, 0.1) is 0 Å². The summed E-state index contributed by atoms with van der Waals surface area (Å²) in [4.78, 5) is 0.579. The molecule has 0 aromatic carbocycles. The van der Waals surface area contributed by atoms with Crippen LogP contribution >= 0.6 is 12.6 Å². The van der Waals surface area contributed by atoms with Crippen molar-refractivity contribution in [2.24, 2.45) is 0 Å². The van der Waals surface area contributed by atoms with Gasteiger partial charge in [0.15, 0.2) is 0 Å². The highest BCUT2D eigenvalue weighted by atomic mass is 32.1. The first-order valence-electron chi connectivity index (χ1n) is 2.34.